The van der Waals surface area contributed by atoms with E-state index in [0.29, 0.717) is 0 Å². The van der Waals surface area contributed by atoms with Crippen molar-refractivity contribution in [1.29, 1.82) is 0 Å². The molecule has 1 aromatic heterocycles. The highest BCUT2D eigenvalue weighted by Crippen LogP contribution is 2.51. The third-order valence-electron chi connectivity index (χ3n) is 13.5. The minimum atomic E-state index is -0.103. The highest BCUT2D eigenvalue weighted by atomic mass is 32.1. The number of rotatable bonds is 7. The van der Waals surface area contributed by atoms with Crippen molar-refractivity contribution in [2.45, 2.75) is 41.5 Å². The summed E-state index contributed by atoms with van der Waals surface area (Å²) < 4.78 is 10.1. The van der Waals surface area contributed by atoms with Gasteiger partial charge in [0.15, 0.2) is 0 Å². The SMILES string of the molecule is Cc1ccc(N(c2ccc(C)cc2)c2cc3c4c(c2)N(c2ccc(C)cc2)c2ccc(C)cc2B4c2c(cc(N(c4ccc(C)cc4)c4ccc(C)cc4)c4c2sc2ccccc24)O3)cc1. The first-order chi connectivity index (χ1) is 32.2. The molecule has 6 heteroatoms. The van der Waals surface area contributed by atoms with E-state index in [2.05, 4.69) is 238 Å². The summed E-state index contributed by atoms with van der Waals surface area (Å²) in [6, 6.07) is 67.4. The van der Waals surface area contributed by atoms with Crippen LogP contribution in [0.15, 0.2) is 182 Å². The molecule has 0 saturated heterocycles. The Morgan fingerprint density at radius 2 is 0.939 bits per heavy atom. The molecular weight excluding hydrogens is 822 g/mol. The van der Waals surface area contributed by atoms with Crippen LogP contribution in [-0.2, 0) is 0 Å². The van der Waals surface area contributed by atoms with E-state index in [9.17, 15) is 0 Å². The van der Waals surface area contributed by atoms with Gasteiger partial charge in [0.25, 0.3) is 6.71 Å². The van der Waals surface area contributed by atoms with E-state index >= 15 is 0 Å². The second kappa shape index (κ2) is 15.6. The van der Waals surface area contributed by atoms with Crippen LogP contribution in [0.25, 0.3) is 20.2 Å². The number of aryl methyl sites for hydroxylation is 6. The predicted molar refractivity (Wildman–Crippen MR) is 283 cm³/mol. The molecule has 0 spiro atoms. The first-order valence-corrected chi connectivity index (χ1v) is 23.7. The standard InChI is InChI=1S/C60H48BN3OS/c1-37-11-22-43(23-12-37)62(44-24-13-38(2)14-25-44)48-34-53-58-54(35-48)65-55-36-52(63(45-26-15-39(3)16-27-45)46-28-17-40(4)18-29-46)57-49-9-7-8-10-56(49)66-60(57)59(55)61(58)50-33-42(6)21-32-51(50)64(53)47-30-19-41(5)20-31-47/h7-36H,1-6H3. The van der Waals surface area contributed by atoms with Gasteiger partial charge in [0, 0.05) is 72.1 Å². The average Bonchev–Trinajstić information content (AvgIpc) is 3.72. The van der Waals surface area contributed by atoms with Gasteiger partial charge in [-0.3, -0.25) is 0 Å². The lowest BCUT2D eigenvalue weighted by Gasteiger charge is -2.41. The molecule has 9 aromatic carbocycles. The topological polar surface area (TPSA) is 19.0 Å². The smallest absolute Gasteiger partial charge is 0.258 e. The molecule has 0 N–H and O–H groups in total. The van der Waals surface area contributed by atoms with Crippen molar-refractivity contribution in [3.63, 3.8) is 0 Å². The summed E-state index contributed by atoms with van der Waals surface area (Å²) in [6.45, 7) is 12.9. The van der Waals surface area contributed by atoms with Crippen LogP contribution in [0.5, 0.6) is 11.5 Å². The molecule has 0 atom stereocenters. The molecule has 10 aromatic rings. The van der Waals surface area contributed by atoms with E-state index in [0.717, 1.165) is 57.0 Å². The quantitative estimate of drug-likeness (QED) is 0.149. The lowest BCUT2D eigenvalue weighted by molar-refractivity contribution is 0.488. The van der Waals surface area contributed by atoms with Crippen LogP contribution in [0.2, 0.25) is 0 Å². The van der Waals surface area contributed by atoms with Crippen molar-refractivity contribution in [3.8, 4) is 11.5 Å². The summed E-state index contributed by atoms with van der Waals surface area (Å²) in [5, 5.41) is 2.48. The molecule has 0 unspecified atom stereocenters. The summed E-state index contributed by atoms with van der Waals surface area (Å²) in [5.41, 5.74) is 20.9. The summed E-state index contributed by atoms with van der Waals surface area (Å²) >= 11 is 1.88. The van der Waals surface area contributed by atoms with Crippen LogP contribution in [-0.4, -0.2) is 6.71 Å². The van der Waals surface area contributed by atoms with Crippen molar-refractivity contribution in [2.24, 2.45) is 0 Å². The second-order valence-corrected chi connectivity index (χ2v) is 19.3. The Morgan fingerprint density at radius 3 is 1.52 bits per heavy atom. The lowest BCUT2D eigenvalue weighted by Crippen LogP contribution is -2.59. The Balaban J connectivity index is 1.18. The van der Waals surface area contributed by atoms with Crippen LogP contribution < -0.4 is 35.8 Å². The first kappa shape index (κ1) is 40.0. The third kappa shape index (κ3) is 6.58. The van der Waals surface area contributed by atoms with Gasteiger partial charge in [-0.15, -0.1) is 11.3 Å². The molecule has 2 aliphatic heterocycles. The fourth-order valence-electron chi connectivity index (χ4n) is 10.1. The van der Waals surface area contributed by atoms with Gasteiger partial charge in [0.1, 0.15) is 11.5 Å². The van der Waals surface area contributed by atoms with Crippen molar-refractivity contribution in [1.82, 2.24) is 0 Å². The molecule has 0 aliphatic carbocycles. The summed E-state index contributed by atoms with van der Waals surface area (Å²) in [7, 11) is 0. The third-order valence-corrected chi connectivity index (χ3v) is 14.7. The van der Waals surface area contributed by atoms with Gasteiger partial charge in [-0.25, -0.2) is 0 Å². The molecule has 0 amide bonds. The average molecular weight is 870 g/mol. The molecule has 318 valence electrons. The van der Waals surface area contributed by atoms with Crippen molar-refractivity contribution in [3.05, 3.63) is 215 Å². The summed E-state index contributed by atoms with van der Waals surface area (Å²) in [6.07, 6.45) is 0. The Hall–Kier alpha value is -7.54. The first-order valence-electron chi connectivity index (χ1n) is 22.8. The van der Waals surface area contributed by atoms with Gasteiger partial charge in [0.2, 0.25) is 0 Å². The maximum absolute atomic E-state index is 7.61. The number of benzene rings is 9. The minimum absolute atomic E-state index is 0.103. The Labute approximate surface area is 391 Å². The fraction of sp³-hybridized carbons (Fsp3) is 0.100. The molecule has 0 bridgehead atoms. The van der Waals surface area contributed by atoms with Crippen LogP contribution in [0.3, 0.4) is 0 Å². The zero-order valence-corrected chi connectivity index (χ0v) is 38.9. The Morgan fingerprint density at radius 1 is 0.439 bits per heavy atom. The van der Waals surface area contributed by atoms with Gasteiger partial charge in [-0.1, -0.05) is 124 Å². The Kier molecular flexibility index (Phi) is 9.44. The van der Waals surface area contributed by atoms with Crippen LogP contribution >= 0.6 is 11.3 Å². The number of ether oxygens (including phenoxy) is 1. The van der Waals surface area contributed by atoms with Gasteiger partial charge in [0.05, 0.1) is 11.4 Å². The molecule has 0 fully saturated rings. The predicted octanol–water partition coefficient (Wildman–Crippen LogP) is 15.2. The van der Waals surface area contributed by atoms with E-state index in [-0.39, 0.29) is 6.71 Å². The largest absolute Gasteiger partial charge is 0.458 e. The Bertz CT molecular complexity index is 3410. The number of anilines is 9. The molecule has 4 nitrogen and oxygen atoms in total. The molecule has 0 radical (unpaired) electrons. The van der Waals surface area contributed by atoms with E-state index in [4.69, 9.17) is 4.74 Å². The zero-order valence-electron chi connectivity index (χ0n) is 38.1. The van der Waals surface area contributed by atoms with Crippen molar-refractivity contribution >= 4 is 106 Å². The van der Waals surface area contributed by atoms with Gasteiger partial charge >= 0.3 is 0 Å². The monoisotopic (exact) mass is 869 g/mol. The number of nitrogens with zero attached hydrogens (tertiary/aromatic N) is 3. The second-order valence-electron chi connectivity index (χ2n) is 18.3. The number of hydrogen-bond donors (Lipinski definition) is 0. The van der Waals surface area contributed by atoms with Crippen LogP contribution in [0.4, 0.5) is 51.2 Å². The van der Waals surface area contributed by atoms with Gasteiger partial charge < -0.3 is 19.4 Å². The lowest BCUT2D eigenvalue weighted by atomic mass is 9.34. The van der Waals surface area contributed by atoms with Gasteiger partial charge in [-0.2, -0.15) is 0 Å². The van der Waals surface area contributed by atoms with E-state index < -0.39 is 0 Å². The highest BCUT2D eigenvalue weighted by molar-refractivity contribution is 7.28. The van der Waals surface area contributed by atoms with Crippen molar-refractivity contribution < 1.29 is 4.74 Å². The number of fused-ring (bicyclic) bond motifs is 8. The van der Waals surface area contributed by atoms with Crippen LogP contribution in [0, 0.1) is 41.5 Å². The molecule has 0 saturated carbocycles. The maximum Gasteiger partial charge on any atom is 0.258 e. The van der Waals surface area contributed by atoms with Gasteiger partial charge in [-0.05, 0) is 137 Å². The molecular formula is C60H48BN3OS. The van der Waals surface area contributed by atoms with E-state index in [1.165, 1.54) is 75.6 Å². The molecule has 66 heavy (non-hydrogen) atoms. The molecule has 12 rings (SSSR count). The zero-order chi connectivity index (χ0) is 44.8. The van der Waals surface area contributed by atoms with Crippen LogP contribution in [0.1, 0.15) is 33.4 Å². The molecule has 3 heterocycles. The van der Waals surface area contributed by atoms with Crippen molar-refractivity contribution in [2.75, 3.05) is 14.7 Å². The maximum atomic E-state index is 7.61. The fourth-order valence-corrected chi connectivity index (χ4v) is 11.4. The van der Waals surface area contributed by atoms with E-state index in [1.807, 2.05) is 11.3 Å². The number of thiophene rings is 1. The number of hydrogen-bond acceptors (Lipinski definition) is 5. The van der Waals surface area contributed by atoms with E-state index in [1.54, 1.807) is 0 Å². The minimum Gasteiger partial charge on any atom is -0.458 e. The normalized spacial score (nSPS) is 12.5. The summed E-state index contributed by atoms with van der Waals surface area (Å²) in [5.74, 6) is 1.74. The summed E-state index contributed by atoms with van der Waals surface area (Å²) in [4.78, 5) is 7.27. The highest BCUT2D eigenvalue weighted by Gasteiger charge is 2.44. The molecule has 2 aliphatic rings.